The summed E-state index contributed by atoms with van der Waals surface area (Å²) in [5.74, 6) is 0. The zero-order chi connectivity index (χ0) is 9.07. The zero-order valence-electron chi connectivity index (χ0n) is 7.12. The molecule has 4 heteroatoms. The van der Waals surface area contributed by atoms with Crippen LogP contribution in [-0.2, 0) is 0 Å². The van der Waals surface area contributed by atoms with Crippen LogP contribution in [0.4, 0.5) is 0 Å². The lowest BCUT2D eigenvalue weighted by Gasteiger charge is -2.29. The van der Waals surface area contributed by atoms with Crippen molar-refractivity contribution in [2.45, 2.75) is 44.6 Å². The molecule has 0 heterocycles. The normalized spacial score (nSPS) is 18.0. The highest BCUT2D eigenvalue weighted by Crippen LogP contribution is 2.08. The summed E-state index contributed by atoms with van der Waals surface area (Å²) < 4.78 is 0. The standard InChI is InChI=1S/C7H18N2O2/c1-3-4-5(10)6(11)7(2,8)9/h5-6,10-11H,3-4,8-9H2,1-2H3. The van der Waals surface area contributed by atoms with Crippen molar-refractivity contribution in [2.75, 3.05) is 0 Å². The van der Waals surface area contributed by atoms with Gasteiger partial charge in [0.1, 0.15) is 6.10 Å². The van der Waals surface area contributed by atoms with Gasteiger partial charge in [-0.05, 0) is 13.3 Å². The predicted octanol–water partition coefficient (Wildman–Crippen LogP) is -0.858. The van der Waals surface area contributed by atoms with Crippen LogP contribution < -0.4 is 11.5 Å². The van der Waals surface area contributed by atoms with Crippen LogP contribution >= 0.6 is 0 Å². The molecule has 68 valence electrons. The van der Waals surface area contributed by atoms with E-state index >= 15 is 0 Å². The molecule has 2 atom stereocenters. The smallest absolute Gasteiger partial charge is 0.110 e. The Bertz CT molecular complexity index is 111. The van der Waals surface area contributed by atoms with Crippen molar-refractivity contribution in [1.29, 1.82) is 0 Å². The second-order valence-electron chi connectivity index (χ2n) is 3.17. The van der Waals surface area contributed by atoms with Gasteiger partial charge in [-0.15, -0.1) is 0 Å². The lowest BCUT2D eigenvalue weighted by molar-refractivity contribution is -0.0262. The molecule has 0 aromatic carbocycles. The Balaban J connectivity index is 3.91. The molecule has 0 spiro atoms. The third-order valence-electron chi connectivity index (χ3n) is 1.59. The average molecular weight is 162 g/mol. The van der Waals surface area contributed by atoms with Gasteiger partial charge in [-0.3, -0.25) is 0 Å². The quantitative estimate of drug-likeness (QED) is 0.405. The molecule has 0 bridgehead atoms. The molecule has 0 saturated carbocycles. The van der Waals surface area contributed by atoms with Gasteiger partial charge >= 0.3 is 0 Å². The Hall–Kier alpha value is -0.160. The summed E-state index contributed by atoms with van der Waals surface area (Å²) in [6, 6.07) is 0. The van der Waals surface area contributed by atoms with Gasteiger partial charge in [-0.25, -0.2) is 0 Å². The van der Waals surface area contributed by atoms with E-state index in [4.69, 9.17) is 11.5 Å². The monoisotopic (exact) mass is 162 g/mol. The van der Waals surface area contributed by atoms with Gasteiger partial charge in [0.15, 0.2) is 0 Å². The van der Waals surface area contributed by atoms with Crippen molar-refractivity contribution < 1.29 is 10.2 Å². The van der Waals surface area contributed by atoms with Crippen LogP contribution in [0.1, 0.15) is 26.7 Å². The zero-order valence-corrected chi connectivity index (χ0v) is 7.12. The predicted molar refractivity (Wildman–Crippen MR) is 43.7 cm³/mol. The van der Waals surface area contributed by atoms with E-state index in [9.17, 15) is 10.2 Å². The van der Waals surface area contributed by atoms with Crippen LogP contribution in [0.15, 0.2) is 0 Å². The van der Waals surface area contributed by atoms with E-state index in [0.29, 0.717) is 6.42 Å². The highest BCUT2D eigenvalue weighted by atomic mass is 16.3. The summed E-state index contributed by atoms with van der Waals surface area (Å²) in [4.78, 5) is 0. The largest absolute Gasteiger partial charge is 0.390 e. The van der Waals surface area contributed by atoms with E-state index in [1.165, 1.54) is 6.92 Å². The number of nitrogens with two attached hydrogens (primary N) is 2. The fourth-order valence-electron chi connectivity index (χ4n) is 0.868. The van der Waals surface area contributed by atoms with Gasteiger partial charge in [-0.1, -0.05) is 13.3 Å². The molecular formula is C7H18N2O2. The van der Waals surface area contributed by atoms with E-state index < -0.39 is 17.9 Å². The first-order valence-electron chi connectivity index (χ1n) is 3.83. The molecule has 0 aliphatic rings. The highest BCUT2D eigenvalue weighted by Gasteiger charge is 2.29. The van der Waals surface area contributed by atoms with Crippen molar-refractivity contribution in [3.8, 4) is 0 Å². The van der Waals surface area contributed by atoms with Crippen LogP contribution in [0, 0.1) is 0 Å². The Labute approximate surface area is 67.2 Å². The second kappa shape index (κ2) is 4.01. The summed E-state index contributed by atoms with van der Waals surface area (Å²) in [6.45, 7) is 3.40. The first kappa shape index (κ1) is 10.8. The van der Waals surface area contributed by atoms with Crippen LogP contribution in [0.25, 0.3) is 0 Å². The van der Waals surface area contributed by atoms with Crippen LogP contribution in [0.5, 0.6) is 0 Å². The van der Waals surface area contributed by atoms with Crippen LogP contribution in [-0.4, -0.2) is 28.1 Å². The molecule has 6 N–H and O–H groups in total. The average Bonchev–Trinajstić information content (AvgIpc) is 1.85. The van der Waals surface area contributed by atoms with E-state index in [1.54, 1.807) is 0 Å². The minimum Gasteiger partial charge on any atom is -0.390 e. The Morgan fingerprint density at radius 2 is 1.82 bits per heavy atom. The maximum Gasteiger partial charge on any atom is 0.110 e. The number of hydrogen-bond donors (Lipinski definition) is 4. The van der Waals surface area contributed by atoms with Crippen molar-refractivity contribution in [1.82, 2.24) is 0 Å². The lowest BCUT2D eigenvalue weighted by atomic mass is 9.99. The highest BCUT2D eigenvalue weighted by molar-refractivity contribution is 4.85. The SMILES string of the molecule is CCCC(O)C(O)C(C)(N)N. The summed E-state index contributed by atoms with van der Waals surface area (Å²) in [7, 11) is 0. The molecule has 0 rings (SSSR count). The first-order chi connectivity index (χ1) is 4.89. The van der Waals surface area contributed by atoms with Gasteiger partial charge in [0.25, 0.3) is 0 Å². The van der Waals surface area contributed by atoms with E-state index in [0.717, 1.165) is 6.42 Å². The maximum atomic E-state index is 9.29. The molecule has 0 saturated heterocycles. The first-order valence-corrected chi connectivity index (χ1v) is 3.83. The van der Waals surface area contributed by atoms with Gasteiger partial charge < -0.3 is 21.7 Å². The van der Waals surface area contributed by atoms with Crippen molar-refractivity contribution >= 4 is 0 Å². The van der Waals surface area contributed by atoms with Gasteiger partial charge in [0.05, 0.1) is 11.8 Å². The number of hydrogen-bond acceptors (Lipinski definition) is 4. The summed E-state index contributed by atoms with van der Waals surface area (Å²) >= 11 is 0. The fraction of sp³-hybridized carbons (Fsp3) is 1.00. The summed E-state index contributed by atoms with van der Waals surface area (Å²) in [5, 5.41) is 18.5. The number of aliphatic hydroxyl groups excluding tert-OH is 2. The molecule has 0 aliphatic carbocycles. The molecule has 0 aromatic rings. The number of aliphatic hydroxyl groups is 2. The lowest BCUT2D eigenvalue weighted by Crippen LogP contribution is -2.60. The molecular weight excluding hydrogens is 144 g/mol. The third-order valence-corrected chi connectivity index (χ3v) is 1.59. The van der Waals surface area contributed by atoms with Gasteiger partial charge in [0, 0.05) is 0 Å². The summed E-state index contributed by atoms with van der Waals surface area (Å²) in [6.07, 6.45) is -0.554. The molecule has 0 amide bonds. The molecule has 0 radical (unpaired) electrons. The number of rotatable bonds is 4. The van der Waals surface area contributed by atoms with Crippen molar-refractivity contribution in [3.05, 3.63) is 0 Å². The Morgan fingerprint density at radius 1 is 1.36 bits per heavy atom. The Kier molecular flexibility index (Phi) is 3.96. The molecule has 11 heavy (non-hydrogen) atoms. The van der Waals surface area contributed by atoms with E-state index in [2.05, 4.69) is 0 Å². The molecule has 0 aliphatic heterocycles. The minimum atomic E-state index is -1.21. The maximum absolute atomic E-state index is 9.29. The molecule has 2 unspecified atom stereocenters. The molecule has 4 nitrogen and oxygen atoms in total. The topological polar surface area (TPSA) is 92.5 Å². The van der Waals surface area contributed by atoms with Gasteiger partial charge in [0.2, 0.25) is 0 Å². The van der Waals surface area contributed by atoms with E-state index in [-0.39, 0.29) is 0 Å². The van der Waals surface area contributed by atoms with E-state index in [1.807, 2.05) is 6.92 Å². The summed E-state index contributed by atoms with van der Waals surface area (Å²) in [5.41, 5.74) is 9.54. The fourth-order valence-corrected chi connectivity index (χ4v) is 0.868. The third kappa shape index (κ3) is 3.67. The molecule has 0 fully saturated rings. The van der Waals surface area contributed by atoms with Crippen molar-refractivity contribution in [2.24, 2.45) is 11.5 Å². The van der Waals surface area contributed by atoms with Crippen LogP contribution in [0.3, 0.4) is 0 Å². The minimum absolute atomic E-state index is 0.519. The van der Waals surface area contributed by atoms with Crippen LogP contribution in [0.2, 0.25) is 0 Å². The molecule has 0 aromatic heterocycles. The Morgan fingerprint density at radius 3 is 2.09 bits per heavy atom. The second-order valence-corrected chi connectivity index (χ2v) is 3.17. The van der Waals surface area contributed by atoms with Crippen molar-refractivity contribution in [3.63, 3.8) is 0 Å². The van der Waals surface area contributed by atoms with Gasteiger partial charge in [-0.2, -0.15) is 0 Å².